The van der Waals surface area contributed by atoms with E-state index in [1.165, 1.54) is 35.9 Å². The summed E-state index contributed by atoms with van der Waals surface area (Å²) in [5.74, 6) is 0.753. The number of carbonyl (C=O) groups is 1. The van der Waals surface area contributed by atoms with Gasteiger partial charge in [-0.25, -0.2) is 9.78 Å². The second-order valence-electron chi connectivity index (χ2n) is 5.24. The number of pyridine rings is 1. The van der Waals surface area contributed by atoms with E-state index in [4.69, 9.17) is 14.2 Å². The molecule has 0 saturated carbocycles. The van der Waals surface area contributed by atoms with Crippen molar-refractivity contribution in [3.63, 3.8) is 0 Å². The molecule has 26 heavy (non-hydrogen) atoms. The van der Waals surface area contributed by atoms with Crippen LogP contribution in [0, 0.1) is 5.21 Å². The van der Waals surface area contributed by atoms with Gasteiger partial charge in [0.25, 0.3) is 0 Å². The summed E-state index contributed by atoms with van der Waals surface area (Å²) in [4.78, 5) is 16.5. The molecule has 0 atom stereocenters. The lowest BCUT2D eigenvalue weighted by Crippen LogP contribution is -2.24. The Labute approximate surface area is 154 Å². The molecule has 3 aromatic rings. The standard InChI is InChI=1S/C18H16N2O5S/c1-23-15-4-3-13(9-16(15)24-2)17-19-14(11-26-17)10-25-18(21)12-5-7-20(22)8-6-12/h3-9,11H,10H2,1-2H3. The molecule has 0 amide bonds. The van der Waals surface area contributed by atoms with Crippen LogP contribution >= 0.6 is 11.3 Å². The third kappa shape index (κ3) is 3.92. The van der Waals surface area contributed by atoms with Crippen LogP contribution in [0.4, 0.5) is 0 Å². The number of hydrogen-bond acceptors (Lipinski definition) is 7. The number of hydrogen-bond donors (Lipinski definition) is 0. The van der Waals surface area contributed by atoms with Gasteiger partial charge in [-0.15, -0.1) is 11.3 Å². The van der Waals surface area contributed by atoms with Gasteiger partial charge in [0.2, 0.25) is 0 Å². The Bertz CT molecular complexity index is 908. The van der Waals surface area contributed by atoms with Crippen LogP contribution in [0.2, 0.25) is 0 Å². The van der Waals surface area contributed by atoms with Crippen molar-refractivity contribution in [2.45, 2.75) is 6.61 Å². The molecule has 0 spiro atoms. The molecule has 0 N–H and O–H groups in total. The first-order valence-corrected chi connectivity index (χ1v) is 8.51. The Balaban J connectivity index is 1.68. The molecule has 134 valence electrons. The third-order valence-corrected chi connectivity index (χ3v) is 4.51. The van der Waals surface area contributed by atoms with Gasteiger partial charge in [-0.2, -0.15) is 4.73 Å². The van der Waals surface area contributed by atoms with Crippen LogP contribution in [0.5, 0.6) is 11.5 Å². The molecule has 8 heteroatoms. The van der Waals surface area contributed by atoms with Crippen LogP contribution in [0.1, 0.15) is 16.1 Å². The molecule has 0 aliphatic heterocycles. The Morgan fingerprint density at radius 2 is 1.88 bits per heavy atom. The van der Waals surface area contributed by atoms with Gasteiger partial charge in [0.05, 0.1) is 25.5 Å². The summed E-state index contributed by atoms with van der Waals surface area (Å²) in [6, 6.07) is 8.36. The number of carbonyl (C=O) groups excluding carboxylic acids is 1. The molecule has 0 bridgehead atoms. The summed E-state index contributed by atoms with van der Waals surface area (Å²) < 4.78 is 16.4. The van der Waals surface area contributed by atoms with Gasteiger partial charge < -0.3 is 19.4 Å². The second-order valence-corrected chi connectivity index (χ2v) is 6.09. The topological polar surface area (TPSA) is 84.6 Å². The average molecular weight is 372 g/mol. The predicted octanol–water partition coefficient (Wildman–Crippen LogP) is 2.82. The quantitative estimate of drug-likeness (QED) is 0.376. The lowest BCUT2D eigenvalue weighted by atomic mass is 10.2. The van der Waals surface area contributed by atoms with Crippen LogP contribution < -0.4 is 14.2 Å². The first-order chi connectivity index (χ1) is 12.6. The summed E-state index contributed by atoms with van der Waals surface area (Å²) in [7, 11) is 3.16. The molecule has 2 aromatic heterocycles. The third-order valence-electron chi connectivity index (χ3n) is 3.57. The molecule has 0 fully saturated rings. The van der Waals surface area contributed by atoms with Gasteiger partial charge in [0.15, 0.2) is 23.9 Å². The van der Waals surface area contributed by atoms with Crippen molar-refractivity contribution in [1.29, 1.82) is 0 Å². The van der Waals surface area contributed by atoms with E-state index in [1.807, 2.05) is 23.6 Å². The van der Waals surface area contributed by atoms with E-state index < -0.39 is 5.97 Å². The van der Waals surface area contributed by atoms with Crippen molar-refractivity contribution < 1.29 is 23.7 Å². The van der Waals surface area contributed by atoms with Crippen LogP contribution in [0.25, 0.3) is 10.6 Å². The Kier molecular flexibility index (Phi) is 5.33. The van der Waals surface area contributed by atoms with Gasteiger partial charge >= 0.3 is 5.97 Å². The minimum Gasteiger partial charge on any atom is -0.619 e. The lowest BCUT2D eigenvalue weighted by Gasteiger charge is -2.08. The van der Waals surface area contributed by atoms with Crippen molar-refractivity contribution in [3.8, 4) is 22.1 Å². The minimum absolute atomic E-state index is 0.0505. The molecule has 7 nitrogen and oxygen atoms in total. The predicted molar refractivity (Wildman–Crippen MR) is 95.2 cm³/mol. The number of ether oxygens (including phenoxy) is 3. The van der Waals surface area contributed by atoms with Crippen molar-refractivity contribution >= 4 is 17.3 Å². The largest absolute Gasteiger partial charge is 0.619 e. The van der Waals surface area contributed by atoms with Gasteiger partial charge in [0, 0.05) is 23.1 Å². The maximum atomic E-state index is 12.0. The van der Waals surface area contributed by atoms with Crippen LogP contribution in [-0.2, 0) is 11.3 Å². The Morgan fingerprint density at radius 1 is 1.15 bits per heavy atom. The number of nitrogens with zero attached hydrogens (tertiary/aromatic N) is 2. The summed E-state index contributed by atoms with van der Waals surface area (Å²) in [6.45, 7) is 0.0505. The zero-order valence-corrected chi connectivity index (χ0v) is 15.0. The van der Waals surface area contributed by atoms with E-state index in [0.29, 0.717) is 27.5 Å². The van der Waals surface area contributed by atoms with E-state index in [-0.39, 0.29) is 6.61 Å². The highest BCUT2D eigenvalue weighted by Crippen LogP contribution is 2.33. The van der Waals surface area contributed by atoms with E-state index in [2.05, 4.69) is 4.98 Å². The smallest absolute Gasteiger partial charge is 0.338 e. The van der Waals surface area contributed by atoms with E-state index in [1.54, 1.807) is 14.2 Å². The summed E-state index contributed by atoms with van der Waals surface area (Å²) >= 11 is 1.44. The molecule has 0 aliphatic rings. The fourth-order valence-electron chi connectivity index (χ4n) is 2.25. The highest BCUT2D eigenvalue weighted by molar-refractivity contribution is 7.13. The first-order valence-electron chi connectivity index (χ1n) is 7.63. The van der Waals surface area contributed by atoms with Crippen LogP contribution in [-0.4, -0.2) is 25.2 Å². The number of thiazole rings is 1. The lowest BCUT2D eigenvalue weighted by molar-refractivity contribution is -0.605. The highest BCUT2D eigenvalue weighted by atomic mass is 32.1. The van der Waals surface area contributed by atoms with Crippen LogP contribution in [0.3, 0.4) is 0 Å². The molecule has 3 rings (SSSR count). The Morgan fingerprint density at radius 3 is 2.58 bits per heavy atom. The molecule has 0 aliphatic carbocycles. The normalized spacial score (nSPS) is 10.4. The SMILES string of the molecule is COc1ccc(-c2nc(COC(=O)c3cc[n+]([O-])cc3)cs2)cc1OC. The summed E-state index contributed by atoms with van der Waals surface area (Å²) in [5, 5.41) is 13.6. The average Bonchev–Trinajstić information content (AvgIpc) is 3.15. The highest BCUT2D eigenvalue weighted by Gasteiger charge is 2.12. The van der Waals surface area contributed by atoms with Gasteiger partial charge in [0.1, 0.15) is 11.6 Å². The number of benzene rings is 1. The van der Waals surface area contributed by atoms with Crippen molar-refractivity contribution in [2.24, 2.45) is 0 Å². The maximum absolute atomic E-state index is 12.0. The molecule has 0 radical (unpaired) electrons. The molecule has 0 unspecified atom stereocenters. The Hall–Kier alpha value is -3.13. The molecule has 0 saturated heterocycles. The van der Waals surface area contributed by atoms with E-state index in [0.717, 1.165) is 10.6 Å². The summed E-state index contributed by atoms with van der Waals surface area (Å²) in [6.07, 6.45) is 2.49. The second kappa shape index (κ2) is 7.83. The van der Waals surface area contributed by atoms with Gasteiger partial charge in [-0.05, 0) is 18.2 Å². The number of rotatable bonds is 6. The van der Waals surface area contributed by atoms with Gasteiger partial charge in [-0.1, -0.05) is 0 Å². The maximum Gasteiger partial charge on any atom is 0.338 e. The van der Waals surface area contributed by atoms with Gasteiger partial charge in [-0.3, -0.25) is 0 Å². The zero-order chi connectivity index (χ0) is 18.5. The fraction of sp³-hybridized carbons (Fsp3) is 0.167. The first kappa shape index (κ1) is 17.7. The zero-order valence-electron chi connectivity index (χ0n) is 14.2. The van der Waals surface area contributed by atoms with Crippen LogP contribution in [0.15, 0.2) is 48.1 Å². The number of esters is 1. The molecule has 2 heterocycles. The number of aromatic nitrogens is 2. The molecule has 1 aromatic carbocycles. The molecular formula is C18H16N2O5S. The van der Waals surface area contributed by atoms with Crippen molar-refractivity contribution in [1.82, 2.24) is 4.98 Å². The monoisotopic (exact) mass is 372 g/mol. The van der Waals surface area contributed by atoms with E-state index >= 15 is 0 Å². The summed E-state index contributed by atoms with van der Waals surface area (Å²) in [5.41, 5.74) is 1.84. The fourth-order valence-corrected chi connectivity index (χ4v) is 3.05. The minimum atomic E-state index is -0.508. The van der Waals surface area contributed by atoms with Crippen molar-refractivity contribution in [2.75, 3.05) is 14.2 Å². The van der Waals surface area contributed by atoms with Crippen molar-refractivity contribution in [3.05, 3.63) is 64.6 Å². The van der Waals surface area contributed by atoms with E-state index in [9.17, 15) is 10.0 Å². The molecular weight excluding hydrogens is 356 g/mol. The number of methoxy groups -OCH3 is 2.